The molecule has 1 fully saturated rings. The Balaban J connectivity index is 1.65. The maximum absolute atomic E-state index is 11.5. The van der Waals surface area contributed by atoms with Crippen LogP contribution in [-0.4, -0.2) is 33.1 Å². The Morgan fingerprint density at radius 1 is 1.65 bits per heavy atom. The lowest BCUT2D eigenvalue weighted by molar-refractivity contribution is 0.240. The van der Waals surface area contributed by atoms with Crippen molar-refractivity contribution < 1.29 is 4.79 Å². The maximum Gasteiger partial charge on any atom is 0.315 e. The zero-order chi connectivity index (χ0) is 12.1. The van der Waals surface area contributed by atoms with Gasteiger partial charge in [0.25, 0.3) is 0 Å². The summed E-state index contributed by atoms with van der Waals surface area (Å²) in [5, 5.41) is 6.30. The number of nitrogens with zero attached hydrogens (tertiary/aromatic N) is 2. The van der Waals surface area contributed by atoms with E-state index in [2.05, 4.69) is 15.6 Å². The van der Waals surface area contributed by atoms with Gasteiger partial charge in [-0.1, -0.05) is 0 Å². The molecule has 2 rings (SSSR count). The third-order valence-corrected chi connectivity index (χ3v) is 4.24. The molecule has 1 aromatic rings. The number of carbonyl (C=O) groups excluding carboxylic acids is 1. The molecule has 0 saturated carbocycles. The Kier molecular flexibility index (Phi) is 4.30. The van der Waals surface area contributed by atoms with Gasteiger partial charge in [0.05, 0.1) is 6.54 Å². The smallest absolute Gasteiger partial charge is 0.315 e. The van der Waals surface area contributed by atoms with E-state index < -0.39 is 0 Å². The van der Waals surface area contributed by atoms with Gasteiger partial charge < -0.3 is 15.2 Å². The molecule has 5 nitrogen and oxygen atoms in total. The molecule has 2 heterocycles. The molecule has 1 aliphatic heterocycles. The van der Waals surface area contributed by atoms with Gasteiger partial charge in [0, 0.05) is 31.2 Å². The number of urea groups is 1. The Morgan fingerprint density at radius 2 is 2.53 bits per heavy atom. The van der Waals surface area contributed by atoms with E-state index in [1.54, 1.807) is 6.20 Å². The highest BCUT2D eigenvalue weighted by Crippen LogP contribution is 2.25. The number of carbonyl (C=O) groups is 1. The van der Waals surface area contributed by atoms with E-state index in [0.29, 0.717) is 11.8 Å². The van der Waals surface area contributed by atoms with Crippen molar-refractivity contribution in [3.05, 3.63) is 18.2 Å². The van der Waals surface area contributed by atoms with Crippen LogP contribution < -0.4 is 10.6 Å². The summed E-state index contributed by atoms with van der Waals surface area (Å²) in [7, 11) is 1.91. The normalized spacial score (nSPS) is 19.2. The van der Waals surface area contributed by atoms with Crippen LogP contribution in [0.1, 0.15) is 18.7 Å². The first-order valence-electron chi connectivity index (χ1n) is 5.85. The first-order chi connectivity index (χ1) is 8.25. The lowest BCUT2D eigenvalue weighted by Gasteiger charge is -2.11. The lowest BCUT2D eigenvalue weighted by atomic mass is 10.2. The minimum atomic E-state index is -0.111. The van der Waals surface area contributed by atoms with Gasteiger partial charge in [-0.2, -0.15) is 11.8 Å². The first-order valence-corrected chi connectivity index (χ1v) is 6.90. The summed E-state index contributed by atoms with van der Waals surface area (Å²) in [6.45, 7) is 1.23. The number of imidazole rings is 1. The van der Waals surface area contributed by atoms with Gasteiger partial charge in [0.1, 0.15) is 5.82 Å². The van der Waals surface area contributed by atoms with Gasteiger partial charge in [-0.3, -0.25) is 0 Å². The third kappa shape index (κ3) is 3.66. The van der Waals surface area contributed by atoms with E-state index in [1.165, 1.54) is 18.6 Å². The molecule has 94 valence electrons. The molecule has 1 unspecified atom stereocenters. The van der Waals surface area contributed by atoms with Crippen molar-refractivity contribution in [1.82, 2.24) is 20.2 Å². The molecule has 1 atom stereocenters. The molecule has 0 aromatic carbocycles. The van der Waals surface area contributed by atoms with Gasteiger partial charge in [0.2, 0.25) is 0 Å². The summed E-state index contributed by atoms with van der Waals surface area (Å²) in [5.41, 5.74) is 0. The fourth-order valence-electron chi connectivity index (χ4n) is 1.80. The van der Waals surface area contributed by atoms with Crippen LogP contribution in [0.25, 0.3) is 0 Å². The van der Waals surface area contributed by atoms with Crippen molar-refractivity contribution in [2.24, 2.45) is 7.05 Å². The summed E-state index contributed by atoms with van der Waals surface area (Å²) >= 11 is 1.94. The number of aromatic nitrogens is 2. The molecular weight excluding hydrogens is 236 g/mol. The number of rotatable bonds is 4. The Labute approximate surface area is 105 Å². The van der Waals surface area contributed by atoms with Crippen LogP contribution in [0.3, 0.4) is 0 Å². The zero-order valence-electron chi connectivity index (χ0n) is 9.98. The monoisotopic (exact) mass is 254 g/mol. The van der Waals surface area contributed by atoms with E-state index in [-0.39, 0.29) is 6.03 Å². The molecule has 1 aromatic heterocycles. The van der Waals surface area contributed by atoms with Crippen molar-refractivity contribution in [2.45, 2.75) is 24.6 Å². The third-order valence-electron chi connectivity index (χ3n) is 2.84. The van der Waals surface area contributed by atoms with Crippen molar-refractivity contribution >= 4 is 17.8 Å². The number of hydrogen-bond acceptors (Lipinski definition) is 3. The van der Waals surface area contributed by atoms with Crippen molar-refractivity contribution in [3.63, 3.8) is 0 Å². The molecule has 2 N–H and O–H groups in total. The average Bonchev–Trinajstić information content (AvgIpc) is 2.95. The van der Waals surface area contributed by atoms with Gasteiger partial charge in [0.15, 0.2) is 0 Å². The Hall–Kier alpha value is -1.17. The van der Waals surface area contributed by atoms with Crippen LogP contribution in [0.2, 0.25) is 0 Å². The quantitative estimate of drug-likeness (QED) is 0.846. The highest BCUT2D eigenvalue weighted by Gasteiger charge is 2.16. The minimum Gasteiger partial charge on any atom is -0.337 e. The van der Waals surface area contributed by atoms with Gasteiger partial charge in [-0.25, -0.2) is 9.78 Å². The van der Waals surface area contributed by atoms with E-state index in [4.69, 9.17) is 0 Å². The standard InChI is InChI=1S/C11H18N4OS/c1-15-5-4-12-10(15)8-14-11(16)13-7-9-3-2-6-17-9/h4-5,9H,2-3,6-8H2,1H3,(H2,13,14,16). The molecule has 6 heteroatoms. The van der Waals surface area contributed by atoms with Crippen LogP contribution in [0.15, 0.2) is 12.4 Å². The van der Waals surface area contributed by atoms with Crippen molar-refractivity contribution in [3.8, 4) is 0 Å². The second-order valence-electron chi connectivity index (χ2n) is 4.15. The lowest BCUT2D eigenvalue weighted by Crippen LogP contribution is -2.38. The van der Waals surface area contributed by atoms with Crippen LogP contribution in [-0.2, 0) is 13.6 Å². The summed E-state index contributed by atoms with van der Waals surface area (Å²) in [4.78, 5) is 15.7. The zero-order valence-corrected chi connectivity index (χ0v) is 10.8. The summed E-state index contributed by atoms with van der Waals surface area (Å²) in [6.07, 6.45) is 6.07. The molecule has 0 radical (unpaired) electrons. The van der Waals surface area contributed by atoms with Crippen molar-refractivity contribution in [1.29, 1.82) is 0 Å². The second kappa shape index (κ2) is 5.95. The van der Waals surface area contributed by atoms with E-state index >= 15 is 0 Å². The maximum atomic E-state index is 11.5. The molecule has 1 saturated heterocycles. The predicted molar refractivity (Wildman–Crippen MR) is 68.9 cm³/mol. The van der Waals surface area contributed by atoms with Crippen LogP contribution in [0.5, 0.6) is 0 Å². The number of nitrogens with one attached hydrogen (secondary N) is 2. The fourth-order valence-corrected chi connectivity index (χ4v) is 3.00. The van der Waals surface area contributed by atoms with Crippen LogP contribution >= 0.6 is 11.8 Å². The van der Waals surface area contributed by atoms with Gasteiger partial charge in [-0.15, -0.1) is 0 Å². The molecule has 1 aliphatic rings. The molecule has 2 amide bonds. The topological polar surface area (TPSA) is 59.0 Å². The molecule has 0 bridgehead atoms. The molecule has 0 aliphatic carbocycles. The summed E-state index contributed by atoms with van der Waals surface area (Å²) in [6, 6.07) is -0.111. The molecule has 17 heavy (non-hydrogen) atoms. The van der Waals surface area contributed by atoms with Gasteiger partial charge in [-0.05, 0) is 18.6 Å². The number of thioether (sulfide) groups is 1. The Morgan fingerprint density at radius 3 is 3.18 bits per heavy atom. The highest BCUT2D eigenvalue weighted by molar-refractivity contribution is 8.00. The molecular formula is C11H18N4OS. The molecule has 0 spiro atoms. The predicted octanol–water partition coefficient (Wildman–Crippen LogP) is 1.11. The largest absolute Gasteiger partial charge is 0.337 e. The van der Waals surface area contributed by atoms with E-state index in [1.807, 2.05) is 29.6 Å². The second-order valence-corrected chi connectivity index (χ2v) is 5.56. The van der Waals surface area contributed by atoms with E-state index in [9.17, 15) is 4.79 Å². The fraction of sp³-hybridized carbons (Fsp3) is 0.636. The number of hydrogen-bond donors (Lipinski definition) is 2. The van der Waals surface area contributed by atoms with Crippen LogP contribution in [0, 0.1) is 0 Å². The average molecular weight is 254 g/mol. The van der Waals surface area contributed by atoms with E-state index in [0.717, 1.165) is 12.4 Å². The first kappa shape index (κ1) is 12.3. The summed E-state index contributed by atoms with van der Waals surface area (Å²) < 4.78 is 1.90. The summed E-state index contributed by atoms with van der Waals surface area (Å²) in [5.74, 6) is 2.08. The Bertz CT molecular complexity index is 373. The van der Waals surface area contributed by atoms with Crippen molar-refractivity contribution in [2.75, 3.05) is 12.3 Å². The SMILES string of the molecule is Cn1ccnc1CNC(=O)NCC1CCCS1. The van der Waals surface area contributed by atoms with Gasteiger partial charge >= 0.3 is 6.03 Å². The minimum absolute atomic E-state index is 0.111. The number of aryl methyl sites for hydroxylation is 1. The number of amides is 2. The highest BCUT2D eigenvalue weighted by atomic mass is 32.2. The van der Waals surface area contributed by atoms with Crippen LogP contribution in [0.4, 0.5) is 4.79 Å².